The first-order valence-electron chi connectivity index (χ1n) is 7.37. The number of rotatable bonds is 6. The van der Waals surface area contributed by atoms with Crippen LogP contribution in [-0.2, 0) is 6.61 Å². The fourth-order valence-corrected chi connectivity index (χ4v) is 2.56. The van der Waals surface area contributed by atoms with Crippen LogP contribution in [0.2, 0.25) is 10.0 Å². The van der Waals surface area contributed by atoms with E-state index in [0.29, 0.717) is 33.6 Å². The van der Waals surface area contributed by atoms with Gasteiger partial charge in [0, 0.05) is 23.2 Å². The second-order valence-corrected chi connectivity index (χ2v) is 6.32. The average Bonchev–Trinajstić information content (AvgIpc) is 2.52. The summed E-state index contributed by atoms with van der Waals surface area (Å²) in [6.45, 7) is 2.53. The van der Waals surface area contributed by atoms with Crippen LogP contribution in [0.1, 0.15) is 22.8 Å². The quantitative estimate of drug-likeness (QED) is 0.683. The van der Waals surface area contributed by atoms with Crippen LogP contribution in [0.4, 0.5) is 5.69 Å². The number of ether oxygens (including phenoxy) is 1. The van der Waals surface area contributed by atoms with Crippen LogP contribution >= 0.6 is 23.2 Å². The van der Waals surface area contributed by atoms with Crippen molar-refractivity contribution in [2.24, 2.45) is 5.73 Å². The summed E-state index contributed by atoms with van der Waals surface area (Å²) in [5.41, 5.74) is 13.3. The van der Waals surface area contributed by atoms with E-state index in [2.05, 4.69) is 5.32 Å². The molecule has 0 spiro atoms. The van der Waals surface area contributed by atoms with E-state index in [1.807, 2.05) is 6.92 Å². The number of hydrogen-bond acceptors (Lipinski definition) is 4. The van der Waals surface area contributed by atoms with Crippen LogP contribution in [0.5, 0.6) is 5.75 Å². The summed E-state index contributed by atoms with van der Waals surface area (Å²) in [5, 5.41) is 3.56. The van der Waals surface area contributed by atoms with E-state index < -0.39 is 0 Å². The molecule has 24 heavy (non-hydrogen) atoms. The highest BCUT2D eigenvalue weighted by atomic mass is 35.5. The highest BCUT2D eigenvalue weighted by Gasteiger charge is 2.10. The molecule has 0 bridgehead atoms. The lowest BCUT2D eigenvalue weighted by Gasteiger charge is -2.12. The summed E-state index contributed by atoms with van der Waals surface area (Å²) in [6.07, 6.45) is 0. The van der Waals surface area contributed by atoms with Crippen LogP contribution in [0.25, 0.3) is 0 Å². The molecule has 7 heteroatoms. The molecule has 0 fully saturated rings. The van der Waals surface area contributed by atoms with E-state index in [1.165, 1.54) is 0 Å². The van der Waals surface area contributed by atoms with E-state index >= 15 is 0 Å². The van der Waals surface area contributed by atoms with Crippen LogP contribution in [0, 0.1) is 0 Å². The lowest BCUT2D eigenvalue weighted by atomic mass is 10.1. The van der Waals surface area contributed by atoms with Crippen molar-refractivity contribution >= 4 is 34.8 Å². The van der Waals surface area contributed by atoms with Gasteiger partial charge in [-0.05, 0) is 36.8 Å². The Morgan fingerprint density at radius 1 is 1.25 bits per heavy atom. The molecule has 0 radical (unpaired) electrons. The number of hydrogen-bond donors (Lipinski definition) is 3. The number of benzene rings is 2. The second kappa shape index (κ2) is 8.24. The van der Waals surface area contributed by atoms with Gasteiger partial charge in [-0.15, -0.1) is 0 Å². The van der Waals surface area contributed by atoms with Gasteiger partial charge in [0.2, 0.25) is 0 Å². The zero-order chi connectivity index (χ0) is 17.7. The zero-order valence-electron chi connectivity index (χ0n) is 13.2. The molecule has 0 aliphatic carbocycles. The molecule has 2 rings (SSSR count). The molecule has 5 N–H and O–H groups in total. The largest absolute Gasteiger partial charge is 0.485 e. The van der Waals surface area contributed by atoms with Gasteiger partial charge in [0.25, 0.3) is 5.91 Å². The highest BCUT2D eigenvalue weighted by Crippen LogP contribution is 2.34. The molecule has 128 valence electrons. The Morgan fingerprint density at radius 2 is 1.92 bits per heavy atom. The third kappa shape index (κ3) is 5.03. The zero-order valence-corrected chi connectivity index (χ0v) is 14.7. The predicted octanol–water partition coefficient (Wildman–Crippen LogP) is 3.23. The number of nitrogen functional groups attached to an aromatic ring is 1. The lowest BCUT2D eigenvalue weighted by molar-refractivity contribution is 0.0951. The maximum absolute atomic E-state index is 11.9. The van der Waals surface area contributed by atoms with Crippen molar-refractivity contribution in [2.75, 3.05) is 12.3 Å². The summed E-state index contributed by atoms with van der Waals surface area (Å²) in [6, 6.07) is 10.1. The first-order valence-corrected chi connectivity index (χ1v) is 8.12. The van der Waals surface area contributed by atoms with Crippen molar-refractivity contribution in [3.8, 4) is 5.75 Å². The molecular formula is C17H19Cl2N3O2. The molecule has 2 aromatic carbocycles. The first-order chi connectivity index (χ1) is 11.4. The maximum Gasteiger partial charge on any atom is 0.251 e. The van der Waals surface area contributed by atoms with Gasteiger partial charge in [-0.2, -0.15) is 0 Å². The van der Waals surface area contributed by atoms with E-state index in [1.54, 1.807) is 36.4 Å². The van der Waals surface area contributed by atoms with Crippen molar-refractivity contribution in [1.29, 1.82) is 0 Å². The molecule has 1 amide bonds. The minimum Gasteiger partial charge on any atom is -0.485 e. The smallest absolute Gasteiger partial charge is 0.251 e. The molecule has 0 aliphatic rings. The number of amides is 1. The molecule has 5 nitrogen and oxygen atoms in total. The molecule has 0 saturated heterocycles. The Hall–Kier alpha value is -1.95. The average molecular weight is 368 g/mol. The number of nitrogens with two attached hydrogens (primary N) is 2. The third-order valence-electron chi connectivity index (χ3n) is 3.22. The fourth-order valence-electron chi connectivity index (χ4n) is 2.00. The molecule has 0 saturated carbocycles. The van der Waals surface area contributed by atoms with Gasteiger partial charge in [0.15, 0.2) is 5.75 Å². The molecular weight excluding hydrogens is 349 g/mol. The van der Waals surface area contributed by atoms with E-state index in [0.717, 1.165) is 5.56 Å². The predicted molar refractivity (Wildman–Crippen MR) is 97.6 cm³/mol. The Balaban J connectivity index is 1.98. The molecule has 0 aromatic heterocycles. The molecule has 1 atom stereocenters. The number of carbonyl (C=O) groups is 1. The van der Waals surface area contributed by atoms with Crippen molar-refractivity contribution in [1.82, 2.24) is 5.32 Å². The van der Waals surface area contributed by atoms with Gasteiger partial charge in [0.05, 0.1) is 10.7 Å². The number of anilines is 1. The monoisotopic (exact) mass is 367 g/mol. The SMILES string of the molecule is CC(N)CNC(=O)c1ccc(COc2c(N)cc(Cl)cc2Cl)cc1. The number of nitrogens with one attached hydrogen (secondary N) is 1. The van der Waals surface area contributed by atoms with Crippen LogP contribution in [-0.4, -0.2) is 18.5 Å². The standard InChI is InChI=1S/C17H19Cl2N3O2/c1-10(20)8-22-17(23)12-4-2-11(3-5-12)9-24-16-14(19)6-13(18)7-15(16)21/h2-7,10H,8-9,20-21H2,1H3,(H,22,23). The van der Waals surface area contributed by atoms with Crippen molar-refractivity contribution < 1.29 is 9.53 Å². The van der Waals surface area contributed by atoms with Crippen molar-refractivity contribution in [3.63, 3.8) is 0 Å². The van der Waals surface area contributed by atoms with E-state index in [-0.39, 0.29) is 18.6 Å². The topological polar surface area (TPSA) is 90.4 Å². The fraction of sp³-hybridized carbons (Fsp3) is 0.235. The first kappa shape index (κ1) is 18.4. The minimum atomic E-state index is -0.162. The Labute approximate surface area is 150 Å². The summed E-state index contributed by atoms with van der Waals surface area (Å²) >= 11 is 11.9. The van der Waals surface area contributed by atoms with Crippen molar-refractivity contribution in [2.45, 2.75) is 19.6 Å². The van der Waals surface area contributed by atoms with Gasteiger partial charge in [0.1, 0.15) is 6.61 Å². The summed E-state index contributed by atoms with van der Waals surface area (Å²) in [4.78, 5) is 11.9. The number of carbonyl (C=O) groups excluding carboxylic acids is 1. The lowest BCUT2D eigenvalue weighted by Crippen LogP contribution is -2.35. The molecule has 2 aromatic rings. The van der Waals surface area contributed by atoms with Gasteiger partial charge >= 0.3 is 0 Å². The Kier molecular flexibility index (Phi) is 6.31. The third-order valence-corrected chi connectivity index (χ3v) is 3.72. The summed E-state index contributed by atoms with van der Waals surface area (Å²) in [5.74, 6) is 0.226. The Bertz CT molecular complexity index is 695. The minimum absolute atomic E-state index is 0.0868. The van der Waals surface area contributed by atoms with Gasteiger partial charge < -0.3 is 21.5 Å². The van der Waals surface area contributed by atoms with Crippen LogP contribution in [0.3, 0.4) is 0 Å². The molecule has 1 unspecified atom stereocenters. The Morgan fingerprint density at radius 3 is 2.50 bits per heavy atom. The summed E-state index contributed by atoms with van der Waals surface area (Å²) in [7, 11) is 0. The molecule has 0 aliphatic heterocycles. The highest BCUT2D eigenvalue weighted by molar-refractivity contribution is 6.36. The van der Waals surface area contributed by atoms with Crippen LogP contribution in [0.15, 0.2) is 36.4 Å². The van der Waals surface area contributed by atoms with Gasteiger partial charge in [-0.25, -0.2) is 0 Å². The van der Waals surface area contributed by atoms with Gasteiger partial charge in [-0.3, -0.25) is 4.79 Å². The van der Waals surface area contributed by atoms with Crippen molar-refractivity contribution in [3.05, 3.63) is 57.6 Å². The van der Waals surface area contributed by atoms with Gasteiger partial charge in [-0.1, -0.05) is 35.3 Å². The van der Waals surface area contributed by atoms with Crippen LogP contribution < -0.4 is 21.5 Å². The second-order valence-electron chi connectivity index (χ2n) is 5.48. The normalized spacial score (nSPS) is 11.8. The number of halogens is 2. The summed E-state index contributed by atoms with van der Waals surface area (Å²) < 4.78 is 5.66. The van der Waals surface area contributed by atoms with E-state index in [4.69, 9.17) is 39.4 Å². The molecule has 0 heterocycles. The maximum atomic E-state index is 11.9. The van der Waals surface area contributed by atoms with E-state index in [9.17, 15) is 4.79 Å².